The van der Waals surface area contributed by atoms with E-state index in [9.17, 15) is 0 Å². The summed E-state index contributed by atoms with van der Waals surface area (Å²) >= 11 is 0. The summed E-state index contributed by atoms with van der Waals surface area (Å²) in [6, 6.07) is 0.727. The standard InChI is InChI=1S/C15H26N2/c16-17-4-2-1-3-14(17)15-8-11-5-12(9-15)7-13(6-11)10-15/h11-14H,1-10,16H2. The molecule has 4 bridgehead atoms. The maximum atomic E-state index is 6.33. The summed E-state index contributed by atoms with van der Waals surface area (Å²) in [5.41, 5.74) is 0.643. The summed E-state index contributed by atoms with van der Waals surface area (Å²) in [5, 5.41) is 2.23. The largest absolute Gasteiger partial charge is 0.269 e. The zero-order valence-electron chi connectivity index (χ0n) is 10.9. The summed E-state index contributed by atoms with van der Waals surface area (Å²) in [7, 11) is 0. The second-order valence-electron chi connectivity index (χ2n) is 7.53. The van der Waals surface area contributed by atoms with Gasteiger partial charge in [-0.15, -0.1) is 0 Å². The Labute approximate surface area is 105 Å². The van der Waals surface area contributed by atoms with E-state index in [0.29, 0.717) is 5.41 Å². The van der Waals surface area contributed by atoms with Crippen LogP contribution >= 0.6 is 0 Å². The summed E-state index contributed by atoms with van der Waals surface area (Å²) in [5.74, 6) is 9.53. The zero-order chi connectivity index (χ0) is 11.5. The van der Waals surface area contributed by atoms with Crippen LogP contribution in [0.3, 0.4) is 0 Å². The molecule has 0 aromatic carbocycles. The fourth-order valence-corrected chi connectivity index (χ4v) is 6.20. The molecule has 5 fully saturated rings. The van der Waals surface area contributed by atoms with Crippen LogP contribution in [0, 0.1) is 23.2 Å². The van der Waals surface area contributed by atoms with Gasteiger partial charge in [-0.3, -0.25) is 5.84 Å². The van der Waals surface area contributed by atoms with E-state index in [1.54, 1.807) is 19.3 Å². The second-order valence-corrected chi connectivity index (χ2v) is 7.53. The van der Waals surface area contributed by atoms with Crippen LogP contribution in [0.25, 0.3) is 0 Å². The average Bonchev–Trinajstić information content (AvgIpc) is 2.27. The summed E-state index contributed by atoms with van der Waals surface area (Å²) in [4.78, 5) is 0. The Bertz CT molecular complexity index is 277. The van der Waals surface area contributed by atoms with Gasteiger partial charge < -0.3 is 0 Å². The van der Waals surface area contributed by atoms with Crippen LogP contribution in [-0.4, -0.2) is 17.6 Å². The van der Waals surface area contributed by atoms with Crippen LogP contribution in [0.1, 0.15) is 57.8 Å². The van der Waals surface area contributed by atoms with E-state index in [2.05, 4.69) is 5.01 Å². The number of hydrogen-bond acceptors (Lipinski definition) is 2. The molecule has 1 heterocycles. The van der Waals surface area contributed by atoms with Crippen molar-refractivity contribution in [3.63, 3.8) is 0 Å². The van der Waals surface area contributed by atoms with E-state index in [0.717, 1.165) is 30.3 Å². The molecule has 5 aliphatic rings. The van der Waals surface area contributed by atoms with Crippen LogP contribution < -0.4 is 5.84 Å². The lowest BCUT2D eigenvalue weighted by Gasteiger charge is -2.61. The van der Waals surface area contributed by atoms with Crippen molar-refractivity contribution in [3.05, 3.63) is 0 Å². The second kappa shape index (κ2) is 3.71. The van der Waals surface area contributed by atoms with Gasteiger partial charge in [0.05, 0.1) is 0 Å². The monoisotopic (exact) mass is 234 g/mol. The molecule has 4 saturated carbocycles. The van der Waals surface area contributed by atoms with Crippen molar-refractivity contribution in [2.75, 3.05) is 6.54 Å². The Morgan fingerprint density at radius 1 is 0.882 bits per heavy atom. The van der Waals surface area contributed by atoms with Gasteiger partial charge in [-0.25, -0.2) is 5.01 Å². The van der Waals surface area contributed by atoms with E-state index in [1.165, 1.54) is 38.5 Å². The first-order chi connectivity index (χ1) is 8.25. The van der Waals surface area contributed by atoms with Gasteiger partial charge in [-0.05, 0) is 74.5 Å². The lowest BCUT2D eigenvalue weighted by Crippen LogP contribution is -2.59. The Hall–Kier alpha value is -0.0800. The molecule has 2 nitrogen and oxygen atoms in total. The summed E-state index contributed by atoms with van der Waals surface area (Å²) < 4.78 is 0. The molecule has 1 atom stereocenters. The number of nitrogens with zero attached hydrogens (tertiary/aromatic N) is 1. The fourth-order valence-electron chi connectivity index (χ4n) is 6.20. The third-order valence-electron chi connectivity index (χ3n) is 6.34. The van der Waals surface area contributed by atoms with Crippen LogP contribution in [0.5, 0.6) is 0 Å². The van der Waals surface area contributed by atoms with E-state index in [1.807, 2.05) is 0 Å². The lowest BCUT2D eigenvalue weighted by atomic mass is 9.47. The SMILES string of the molecule is NN1CCCCC1C12CC3CC(CC(C3)C1)C2. The Morgan fingerprint density at radius 3 is 2.00 bits per heavy atom. The van der Waals surface area contributed by atoms with E-state index < -0.39 is 0 Å². The maximum Gasteiger partial charge on any atom is 0.0297 e. The van der Waals surface area contributed by atoms with Crippen LogP contribution in [0.2, 0.25) is 0 Å². The van der Waals surface area contributed by atoms with E-state index in [4.69, 9.17) is 5.84 Å². The summed E-state index contributed by atoms with van der Waals surface area (Å²) in [6.07, 6.45) is 13.3. The number of piperidine rings is 1. The Morgan fingerprint density at radius 2 is 1.47 bits per heavy atom. The first-order valence-corrected chi connectivity index (χ1v) is 7.76. The lowest BCUT2D eigenvalue weighted by molar-refractivity contribution is -0.110. The van der Waals surface area contributed by atoms with E-state index in [-0.39, 0.29) is 0 Å². The quantitative estimate of drug-likeness (QED) is 0.707. The van der Waals surface area contributed by atoms with Gasteiger partial charge in [0.2, 0.25) is 0 Å². The number of hydrogen-bond donors (Lipinski definition) is 1. The zero-order valence-corrected chi connectivity index (χ0v) is 10.9. The minimum absolute atomic E-state index is 0.643. The molecule has 0 radical (unpaired) electrons. The molecular formula is C15H26N2. The van der Waals surface area contributed by atoms with Crippen molar-refractivity contribution in [3.8, 4) is 0 Å². The Balaban J connectivity index is 1.63. The number of rotatable bonds is 1. The molecule has 17 heavy (non-hydrogen) atoms. The molecular weight excluding hydrogens is 208 g/mol. The molecule has 1 saturated heterocycles. The van der Waals surface area contributed by atoms with Gasteiger partial charge in [-0.1, -0.05) is 6.42 Å². The number of nitrogens with two attached hydrogens (primary N) is 1. The summed E-state index contributed by atoms with van der Waals surface area (Å²) in [6.45, 7) is 1.15. The molecule has 96 valence electrons. The first-order valence-electron chi connectivity index (χ1n) is 7.76. The fraction of sp³-hybridized carbons (Fsp3) is 1.00. The van der Waals surface area contributed by atoms with Crippen LogP contribution in [-0.2, 0) is 0 Å². The third-order valence-corrected chi connectivity index (χ3v) is 6.34. The normalized spacial score (nSPS) is 54.2. The van der Waals surface area contributed by atoms with Gasteiger partial charge in [-0.2, -0.15) is 0 Å². The van der Waals surface area contributed by atoms with Crippen molar-refractivity contribution >= 4 is 0 Å². The first kappa shape index (κ1) is 10.8. The molecule has 1 unspecified atom stereocenters. The van der Waals surface area contributed by atoms with Crippen LogP contribution in [0.4, 0.5) is 0 Å². The highest BCUT2D eigenvalue weighted by Gasteiger charge is 2.55. The highest BCUT2D eigenvalue weighted by molar-refractivity contribution is 5.06. The van der Waals surface area contributed by atoms with Crippen molar-refractivity contribution in [2.45, 2.75) is 63.8 Å². The molecule has 2 heteroatoms. The third kappa shape index (κ3) is 1.60. The molecule has 5 rings (SSSR count). The maximum absolute atomic E-state index is 6.33. The van der Waals surface area contributed by atoms with Crippen molar-refractivity contribution in [1.82, 2.24) is 5.01 Å². The highest BCUT2D eigenvalue weighted by Crippen LogP contribution is 2.62. The molecule has 0 spiro atoms. The predicted molar refractivity (Wildman–Crippen MR) is 69.1 cm³/mol. The van der Waals surface area contributed by atoms with Crippen LogP contribution in [0.15, 0.2) is 0 Å². The molecule has 0 aromatic heterocycles. The molecule has 1 aliphatic heterocycles. The van der Waals surface area contributed by atoms with Gasteiger partial charge in [0.1, 0.15) is 0 Å². The van der Waals surface area contributed by atoms with Crippen molar-refractivity contribution in [2.24, 2.45) is 29.0 Å². The predicted octanol–water partition coefficient (Wildman–Crippen LogP) is 2.93. The average molecular weight is 234 g/mol. The van der Waals surface area contributed by atoms with Gasteiger partial charge in [0.25, 0.3) is 0 Å². The molecule has 4 aliphatic carbocycles. The minimum Gasteiger partial charge on any atom is -0.269 e. The van der Waals surface area contributed by atoms with Gasteiger partial charge in [0, 0.05) is 12.6 Å². The minimum atomic E-state index is 0.643. The topological polar surface area (TPSA) is 29.3 Å². The van der Waals surface area contributed by atoms with Gasteiger partial charge in [0.15, 0.2) is 0 Å². The highest BCUT2D eigenvalue weighted by atomic mass is 15.4. The molecule has 0 amide bonds. The van der Waals surface area contributed by atoms with Crippen molar-refractivity contribution < 1.29 is 0 Å². The van der Waals surface area contributed by atoms with Crippen molar-refractivity contribution in [1.29, 1.82) is 0 Å². The Kier molecular flexibility index (Phi) is 2.36. The van der Waals surface area contributed by atoms with E-state index >= 15 is 0 Å². The number of hydrazine groups is 1. The van der Waals surface area contributed by atoms with Gasteiger partial charge >= 0.3 is 0 Å². The molecule has 0 aromatic rings. The smallest absolute Gasteiger partial charge is 0.0297 e. The molecule has 2 N–H and O–H groups in total.